The van der Waals surface area contributed by atoms with E-state index in [0.717, 1.165) is 17.2 Å². The van der Waals surface area contributed by atoms with Crippen LogP contribution in [-0.2, 0) is 25.0 Å². The third kappa shape index (κ3) is 5.55. The predicted octanol–water partition coefficient (Wildman–Crippen LogP) is 6.57. The topological polar surface area (TPSA) is 65.3 Å². The summed E-state index contributed by atoms with van der Waals surface area (Å²) in [4.78, 5) is 0. The molecule has 0 spiro atoms. The lowest BCUT2D eigenvalue weighted by Crippen LogP contribution is -2.26. The molecule has 0 bridgehead atoms. The lowest BCUT2D eigenvalue weighted by molar-refractivity contribution is 0.179. The molecule has 3 atom stereocenters. The molecule has 7 rings (SSSR count). The first-order chi connectivity index (χ1) is 19.9. The first-order valence-corrected chi connectivity index (χ1v) is 14.2. The average molecular weight is 551 g/mol. The second kappa shape index (κ2) is 10.2. The lowest BCUT2D eigenvalue weighted by atomic mass is 9.70. The SMILES string of the molecule is CC(C)(c1ccc(OC2CO2)cc1)c1ccc(C(C)(c2ccc(OC3CO3)cc2)c2ccc(OC3CO3)cc2)cc1. The van der Waals surface area contributed by atoms with Gasteiger partial charge in [0, 0.05) is 10.8 Å². The molecule has 3 aliphatic heterocycles. The van der Waals surface area contributed by atoms with Crippen molar-refractivity contribution in [2.75, 3.05) is 19.8 Å². The van der Waals surface area contributed by atoms with Gasteiger partial charge in [0.2, 0.25) is 18.9 Å². The molecule has 0 saturated carbocycles. The van der Waals surface area contributed by atoms with Crippen molar-refractivity contribution in [3.05, 3.63) is 125 Å². The molecule has 210 valence electrons. The molecular formula is C35H34O6. The molecule has 4 aromatic rings. The minimum Gasteiger partial charge on any atom is -0.462 e. The van der Waals surface area contributed by atoms with Crippen molar-refractivity contribution >= 4 is 0 Å². The van der Waals surface area contributed by atoms with Crippen molar-refractivity contribution in [1.82, 2.24) is 0 Å². The van der Waals surface area contributed by atoms with E-state index < -0.39 is 5.41 Å². The van der Waals surface area contributed by atoms with Crippen LogP contribution in [0.25, 0.3) is 0 Å². The summed E-state index contributed by atoms with van der Waals surface area (Å²) in [5, 5.41) is 0. The van der Waals surface area contributed by atoms with Gasteiger partial charge in [0.15, 0.2) is 0 Å². The molecule has 3 aliphatic rings. The molecule has 3 unspecified atom stereocenters. The van der Waals surface area contributed by atoms with E-state index in [4.69, 9.17) is 28.4 Å². The van der Waals surface area contributed by atoms with Crippen molar-refractivity contribution in [2.24, 2.45) is 0 Å². The van der Waals surface area contributed by atoms with Crippen LogP contribution in [0.5, 0.6) is 17.2 Å². The number of rotatable bonds is 11. The molecule has 6 nitrogen and oxygen atoms in total. The Hall–Kier alpha value is -3.84. The van der Waals surface area contributed by atoms with E-state index in [1.807, 2.05) is 36.4 Å². The Labute approximate surface area is 240 Å². The molecule has 6 heteroatoms. The first kappa shape index (κ1) is 26.1. The number of hydrogen-bond donors (Lipinski definition) is 0. The summed E-state index contributed by atoms with van der Waals surface area (Å²) in [5.74, 6) is 2.45. The molecule has 4 aromatic carbocycles. The predicted molar refractivity (Wildman–Crippen MR) is 155 cm³/mol. The van der Waals surface area contributed by atoms with Gasteiger partial charge in [0.25, 0.3) is 0 Å². The van der Waals surface area contributed by atoms with Crippen LogP contribution in [0.4, 0.5) is 0 Å². The van der Waals surface area contributed by atoms with Crippen LogP contribution in [0.2, 0.25) is 0 Å². The monoisotopic (exact) mass is 550 g/mol. The molecule has 3 fully saturated rings. The standard InChI is InChI=1S/C35H34O6/c1-34(2,24-8-14-28(15-9-24)39-31-20-36-31)23-4-6-25(7-5-23)35(3,26-10-16-29(17-11-26)40-32-21-37-32)27-12-18-30(19-13-27)41-33-22-38-33/h4-19,31-33H,20-22H2,1-3H3. The summed E-state index contributed by atoms with van der Waals surface area (Å²) in [6, 6.07) is 34.0. The van der Waals surface area contributed by atoms with E-state index in [9.17, 15) is 0 Å². The van der Waals surface area contributed by atoms with Gasteiger partial charge in [-0.25, -0.2) is 0 Å². The third-order valence-electron chi connectivity index (χ3n) is 8.33. The minimum atomic E-state index is -0.407. The fourth-order valence-electron chi connectivity index (χ4n) is 5.35. The maximum atomic E-state index is 5.82. The van der Waals surface area contributed by atoms with Crippen molar-refractivity contribution in [2.45, 2.75) is 50.5 Å². The van der Waals surface area contributed by atoms with Gasteiger partial charge < -0.3 is 28.4 Å². The molecule has 0 radical (unpaired) electrons. The summed E-state index contributed by atoms with van der Waals surface area (Å²) < 4.78 is 33.0. The van der Waals surface area contributed by atoms with Gasteiger partial charge in [0.1, 0.15) is 37.1 Å². The van der Waals surface area contributed by atoms with Gasteiger partial charge >= 0.3 is 0 Å². The van der Waals surface area contributed by atoms with Gasteiger partial charge in [-0.2, -0.15) is 0 Å². The molecule has 0 aliphatic carbocycles. The fraction of sp³-hybridized carbons (Fsp3) is 0.314. The van der Waals surface area contributed by atoms with Crippen LogP contribution in [0, 0.1) is 0 Å². The van der Waals surface area contributed by atoms with E-state index in [0.29, 0.717) is 19.8 Å². The molecule has 3 heterocycles. The smallest absolute Gasteiger partial charge is 0.223 e. The quantitative estimate of drug-likeness (QED) is 0.155. The zero-order chi connectivity index (χ0) is 28.0. The highest BCUT2D eigenvalue weighted by atomic mass is 16.8. The molecule has 0 aromatic heterocycles. The summed E-state index contributed by atoms with van der Waals surface area (Å²) in [5.41, 5.74) is 5.41. The fourth-order valence-corrected chi connectivity index (χ4v) is 5.35. The summed E-state index contributed by atoms with van der Waals surface area (Å²) in [7, 11) is 0. The Morgan fingerprint density at radius 2 is 0.683 bits per heavy atom. The van der Waals surface area contributed by atoms with Crippen molar-refractivity contribution in [3.63, 3.8) is 0 Å². The van der Waals surface area contributed by atoms with Crippen LogP contribution in [0.15, 0.2) is 97.1 Å². The molecule has 0 N–H and O–H groups in total. The molecule has 0 amide bonds. The normalized spacial score (nSPS) is 22.4. The van der Waals surface area contributed by atoms with E-state index in [1.165, 1.54) is 27.8 Å². The average Bonchev–Trinajstić information content (AvgIpc) is 3.83. The highest BCUT2D eigenvalue weighted by molar-refractivity contribution is 5.53. The van der Waals surface area contributed by atoms with Crippen LogP contribution in [0.3, 0.4) is 0 Å². The van der Waals surface area contributed by atoms with Gasteiger partial charge in [0.05, 0.1) is 0 Å². The molecule has 3 saturated heterocycles. The van der Waals surface area contributed by atoms with E-state index >= 15 is 0 Å². The van der Waals surface area contributed by atoms with Gasteiger partial charge in [-0.3, -0.25) is 0 Å². The van der Waals surface area contributed by atoms with Crippen molar-refractivity contribution in [1.29, 1.82) is 0 Å². The highest BCUT2D eigenvalue weighted by Gasteiger charge is 2.33. The summed E-state index contributed by atoms with van der Waals surface area (Å²) in [6.45, 7) is 8.75. The number of benzene rings is 4. The Balaban J connectivity index is 1.19. The number of ether oxygens (including phenoxy) is 6. The van der Waals surface area contributed by atoms with Gasteiger partial charge in [-0.1, -0.05) is 74.5 Å². The molecular weight excluding hydrogens is 516 g/mol. The number of epoxide rings is 3. The van der Waals surface area contributed by atoms with E-state index in [-0.39, 0.29) is 24.3 Å². The summed E-state index contributed by atoms with van der Waals surface area (Å²) >= 11 is 0. The Morgan fingerprint density at radius 1 is 0.439 bits per heavy atom. The Bertz CT molecular complexity index is 1420. The van der Waals surface area contributed by atoms with E-state index in [2.05, 4.69) is 81.4 Å². The zero-order valence-corrected chi connectivity index (χ0v) is 23.5. The van der Waals surface area contributed by atoms with Crippen LogP contribution in [-0.4, -0.2) is 38.7 Å². The van der Waals surface area contributed by atoms with Gasteiger partial charge in [-0.05, 0) is 71.1 Å². The largest absolute Gasteiger partial charge is 0.462 e. The third-order valence-corrected chi connectivity index (χ3v) is 8.33. The van der Waals surface area contributed by atoms with Crippen molar-refractivity contribution in [3.8, 4) is 17.2 Å². The number of hydrogen-bond acceptors (Lipinski definition) is 6. The maximum absolute atomic E-state index is 5.82. The first-order valence-electron chi connectivity index (χ1n) is 14.2. The second-order valence-electron chi connectivity index (χ2n) is 11.5. The van der Waals surface area contributed by atoms with Crippen LogP contribution >= 0.6 is 0 Å². The minimum absolute atomic E-state index is 0.0948. The van der Waals surface area contributed by atoms with Crippen LogP contribution < -0.4 is 14.2 Å². The van der Waals surface area contributed by atoms with E-state index in [1.54, 1.807) is 0 Å². The Morgan fingerprint density at radius 3 is 0.976 bits per heavy atom. The van der Waals surface area contributed by atoms with Crippen molar-refractivity contribution < 1.29 is 28.4 Å². The second-order valence-corrected chi connectivity index (χ2v) is 11.5. The zero-order valence-electron chi connectivity index (χ0n) is 23.5. The highest BCUT2D eigenvalue weighted by Crippen LogP contribution is 2.42. The summed E-state index contributed by atoms with van der Waals surface area (Å²) in [6.07, 6.45) is -0.341. The molecule has 41 heavy (non-hydrogen) atoms. The van der Waals surface area contributed by atoms with Gasteiger partial charge in [-0.15, -0.1) is 0 Å². The van der Waals surface area contributed by atoms with Crippen LogP contribution in [0.1, 0.15) is 48.6 Å². The lowest BCUT2D eigenvalue weighted by Gasteiger charge is -2.33. The Kier molecular flexibility index (Phi) is 6.50. The maximum Gasteiger partial charge on any atom is 0.223 e.